The summed E-state index contributed by atoms with van der Waals surface area (Å²) >= 11 is 0. The van der Waals surface area contributed by atoms with Crippen molar-refractivity contribution < 1.29 is 18.6 Å². The smallest absolute Gasteiger partial charge is 0.387 e. The normalized spacial score (nSPS) is 24.2. The number of fused-ring (bicyclic) bond motifs is 1. The number of aromatic nitrogens is 1. The summed E-state index contributed by atoms with van der Waals surface area (Å²) in [5, 5.41) is 14.7. The molecule has 2 heterocycles. The Bertz CT molecular complexity index is 840. The van der Waals surface area contributed by atoms with Crippen molar-refractivity contribution in [2.45, 2.75) is 70.2 Å². The first kappa shape index (κ1) is 20.3. The molecule has 1 saturated carbocycles. The summed E-state index contributed by atoms with van der Waals surface area (Å²) in [6.45, 7) is 1.01. The summed E-state index contributed by atoms with van der Waals surface area (Å²) in [5.74, 6) is 0.141. The molecule has 2 fully saturated rings. The molecule has 2 atom stereocenters. The van der Waals surface area contributed by atoms with Crippen LogP contribution in [0.1, 0.15) is 44.2 Å². The second kappa shape index (κ2) is 8.79. The number of ether oxygens (including phenoxy) is 1. The van der Waals surface area contributed by atoms with E-state index >= 15 is 0 Å². The fourth-order valence-electron chi connectivity index (χ4n) is 4.75. The quantitative estimate of drug-likeness (QED) is 0.776. The van der Waals surface area contributed by atoms with Gasteiger partial charge in [0.25, 0.3) is 0 Å². The second-order valence-electron chi connectivity index (χ2n) is 8.24. The zero-order valence-corrected chi connectivity index (χ0v) is 16.8. The number of hydrogen-bond acceptors (Lipinski definition) is 5. The zero-order valence-electron chi connectivity index (χ0n) is 16.8. The Balaban J connectivity index is 1.46. The van der Waals surface area contributed by atoms with E-state index in [0.29, 0.717) is 12.1 Å². The first-order valence-electron chi connectivity index (χ1n) is 10.5. The molecule has 29 heavy (non-hydrogen) atoms. The number of aliphatic hydroxyl groups is 1. The summed E-state index contributed by atoms with van der Waals surface area (Å²) in [4.78, 5) is 6.95. The number of likely N-dealkylation sites (tertiary alicyclic amines) is 1. The average molecular weight is 405 g/mol. The fourth-order valence-corrected chi connectivity index (χ4v) is 4.75. The Labute approximate surface area is 170 Å². The Morgan fingerprint density at radius 3 is 2.62 bits per heavy atom. The third kappa shape index (κ3) is 4.78. The number of pyridine rings is 1. The zero-order chi connectivity index (χ0) is 20.4. The highest BCUT2D eigenvalue weighted by atomic mass is 19.3. The number of nitrogens with zero attached hydrogens (tertiary/aromatic N) is 2. The molecule has 1 aliphatic heterocycles. The minimum absolute atomic E-state index is 0.141. The molecule has 4 rings (SSSR count). The van der Waals surface area contributed by atoms with Crippen molar-refractivity contribution in [1.29, 1.82) is 0 Å². The fraction of sp³-hybridized carbons (Fsp3) is 0.591. The lowest BCUT2D eigenvalue weighted by Crippen LogP contribution is -2.50. The van der Waals surface area contributed by atoms with Crippen LogP contribution in [0.15, 0.2) is 24.3 Å². The molecule has 0 radical (unpaired) electrons. The summed E-state index contributed by atoms with van der Waals surface area (Å²) in [5.41, 5.74) is 2.55. The summed E-state index contributed by atoms with van der Waals surface area (Å²) in [6, 6.07) is 7.44. The SMILES string of the molecule is Cc1cc(NC2CCN(C3CCCCC3O)CC2)c2cc(OC(F)F)ccc2n1. The van der Waals surface area contributed by atoms with Gasteiger partial charge in [-0.05, 0) is 56.9 Å². The van der Waals surface area contributed by atoms with Crippen molar-refractivity contribution in [1.82, 2.24) is 9.88 Å². The van der Waals surface area contributed by atoms with Crippen molar-refractivity contribution in [3.8, 4) is 5.75 Å². The minimum atomic E-state index is -2.85. The van der Waals surface area contributed by atoms with Crippen LogP contribution in [0.5, 0.6) is 5.75 Å². The van der Waals surface area contributed by atoms with Gasteiger partial charge >= 0.3 is 6.61 Å². The predicted octanol–water partition coefficient (Wildman–Crippen LogP) is 4.32. The Morgan fingerprint density at radius 2 is 1.90 bits per heavy atom. The van der Waals surface area contributed by atoms with E-state index in [1.165, 1.54) is 12.5 Å². The van der Waals surface area contributed by atoms with E-state index in [0.717, 1.165) is 67.5 Å². The molecule has 7 heteroatoms. The van der Waals surface area contributed by atoms with E-state index < -0.39 is 6.61 Å². The predicted molar refractivity (Wildman–Crippen MR) is 110 cm³/mol. The molecule has 1 aromatic heterocycles. The van der Waals surface area contributed by atoms with Gasteiger partial charge in [-0.1, -0.05) is 12.8 Å². The van der Waals surface area contributed by atoms with Gasteiger partial charge in [0.2, 0.25) is 0 Å². The standard InChI is InChI=1S/C22H29F2N3O2/c1-14-12-19(17-13-16(29-22(23)24)6-7-18(17)25-14)26-15-8-10-27(11-9-15)20-4-2-3-5-21(20)28/h6-7,12-13,15,20-22,28H,2-5,8-11H2,1H3,(H,25,26). The number of nitrogens with one attached hydrogen (secondary N) is 1. The molecular weight excluding hydrogens is 376 g/mol. The topological polar surface area (TPSA) is 57.6 Å². The van der Waals surface area contributed by atoms with Gasteiger partial charge in [0.15, 0.2) is 0 Å². The van der Waals surface area contributed by atoms with E-state index in [1.54, 1.807) is 12.1 Å². The summed E-state index contributed by atoms with van der Waals surface area (Å²) in [7, 11) is 0. The molecule has 0 spiro atoms. The number of benzene rings is 1. The van der Waals surface area contributed by atoms with Crippen LogP contribution in [0.2, 0.25) is 0 Å². The molecular formula is C22H29F2N3O2. The van der Waals surface area contributed by atoms with Crippen LogP contribution >= 0.6 is 0 Å². The molecule has 2 N–H and O–H groups in total. The van der Waals surface area contributed by atoms with E-state index in [4.69, 9.17) is 0 Å². The number of piperidine rings is 1. The molecule has 5 nitrogen and oxygen atoms in total. The van der Waals surface area contributed by atoms with Crippen LogP contribution in [0.4, 0.5) is 14.5 Å². The van der Waals surface area contributed by atoms with Crippen molar-refractivity contribution in [2.24, 2.45) is 0 Å². The number of alkyl halides is 2. The van der Waals surface area contributed by atoms with Crippen LogP contribution in [0.3, 0.4) is 0 Å². The van der Waals surface area contributed by atoms with E-state index in [2.05, 4.69) is 19.9 Å². The maximum Gasteiger partial charge on any atom is 0.387 e. The van der Waals surface area contributed by atoms with Crippen LogP contribution in [0.25, 0.3) is 10.9 Å². The first-order chi connectivity index (χ1) is 14.0. The maximum absolute atomic E-state index is 12.6. The van der Waals surface area contributed by atoms with Gasteiger partial charge in [-0.2, -0.15) is 8.78 Å². The Hall–Kier alpha value is -1.99. The van der Waals surface area contributed by atoms with Gasteiger partial charge in [-0.3, -0.25) is 9.88 Å². The van der Waals surface area contributed by atoms with Crippen molar-refractivity contribution >= 4 is 16.6 Å². The molecule has 1 aliphatic carbocycles. The third-order valence-corrected chi connectivity index (χ3v) is 6.19. The number of anilines is 1. The number of halogens is 2. The van der Waals surface area contributed by atoms with E-state index in [-0.39, 0.29) is 11.9 Å². The van der Waals surface area contributed by atoms with Gasteiger partial charge in [0.1, 0.15) is 5.75 Å². The van der Waals surface area contributed by atoms with Crippen molar-refractivity contribution in [2.75, 3.05) is 18.4 Å². The molecule has 0 amide bonds. The molecule has 2 aromatic rings. The van der Waals surface area contributed by atoms with Gasteiger partial charge < -0.3 is 15.2 Å². The lowest BCUT2D eigenvalue weighted by Gasteiger charge is -2.41. The second-order valence-corrected chi connectivity index (χ2v) is 8.24. The number of hydrogen-bond donors (Lipinski definition) is 2. The monoisotopic (exact) mass is 405 g/mol. The lowest BCUT2D eigenvalue weighted by atomic mass is 9.89. The molecule has 1 aromatic carbocycles. The molecule has 2 unspecified atom stereocenters. The Kier molecular flexibility index (Phi) is 6.15. The first-order valence-corrected chi connectivity index (χ1v) is 10.5. The Morgan fingerprint density at radius 1 is 1.14 bits per heavy atom. The van der Waals surface area contributed by atoms with Crippen LogP contribution < -0.4 is 10.1 Å². The largest absolute Gasteiger partial charge is 0.435 e. The van der Waals surface area contributed by atoms with Gasteiger partial charge in [0.05, 0.1) is 11.6 Å². The molecule has 0 bridgehead atoms. The van der Waals surface area contributed by atoms with Gasteiger partial charge in [-0.15, -0.1) is 0 Å². The highest BCUT2D eigenvalue weighted by Crippen LogP contribution is 2.31. The molecule has 1 saturated heterocycles. The van der Waals surface area contributed by atoms with Crippen molar-refractivity contribution in [3.63, 3.8) is 0 Å². The third-order valence-electron chi connectivity index (χ3n) is 6.19. The van der Waals surface area contributed by atoms with Gasteiger partial charge in [-0.25, -0.2) is 0 Å². The number of aliphatic hydroxyl groups excluding tert-OH is 1. The van der Waals surface area contributed by atoms with E-state index in [9.17, 15) is 13.9 Å². The van der Waals surface area contributed by atoms with E-state index in [1.807, 2.05) is 13.0 Å². The van der Waals surface area contributed by atoms with Crippen molar-refractivity contribution in [3.05, 3.63) is 30.0 Å². The summed E-state index contributed by atoms with van der Waals surface area (Å²) in [6.07, 6.45) is 6.09. The maximum atomic E-state index is 12.6. The van der Waals surface area contributed by atoms with Crippen LogP contribution in [-0.2, 0) is 0 Å². The highest BCUT2D eigenvalue weighted by Gasteiger charge is 2.31. The molecule has 2 aliphatic rings. The average Bonchev–Trinajstić information content (AvgIpc) is 2.69. The molecule has 158 valence electrons. The highest BCUT2D eigenvalue weighted by molar-refractivity contribution is 5.92. The van der Waals surface area contributed by atoms with Crippen LogP contribution in [0, 0.1) is 6.92 Å². The number of aryl methyl sites for hydroxylation is 1. The summed E-state index contributed by atoms with van der Waals surface area (Å²) < 4.78 is 29.8. The lowest BCUT2D eigenvalue weighted by molar-refractivity contribution is -0.0497. The minimum Gasteiger partial charge on any atom is -0.435 e. The van der Waals surface area contributed by atoms with Gasteiger partial charge in [0, 0.05) is 41.9 Å². The van der Waals surface area contributed by atoms with Crippen LogP contribution in [-0.4, -0.2) is 52.9 Å². The number of rotatable bonds is 5.